The van der Waals surface area contributed by atoms with E-state index in [0.29, 0.717) is 22.4 Å². The van der Waals surface area contributed by atoms with Gasteiger partial charge in [-0.25, -0.2) is 9.79 Å². The molecule has 3 aromatic heterocycles. The predicted octanol–water partition coefficient (Wildman–Crippen LogP) is 0.630. The van der Waals surface area contributed by atoms with Gasteiger partial charge in [0.15, 0.2) is 5.65 Å². The fourth-order valence-electron chi connectivity index (χ4n) is 3.16. The number of nitrogens with one attached hydrogen (secondary N) is 3. The highest BCUT2D eigenvalue weighted by Gasteiger charge is 2.21. The molecule has 0 unspecified atom stereocenters. The van der Waals surface area contributed by atoms with Crippen LogP contribution in [0, 0.1) is 0 Å². The quantitative estimate of drug-likeness (QED) is 0.385. The minimum atomic E-state index is -0.492. The summed E-state index contributed by atoms with van der Waals surface area (Å²) < 4.78 is 1.57. The van der Waals surface area contributed by atoms with Crippen LogP contribution in [-0.4, -0.2) is 40.7 Å². The highest BCUT2D eigenvalue weighted by atomic mass is 16.3. The molecule has 0 aliphatic heterocycles. The average Bonchev–Trinajstić information content (AvgIpc) is 3.37. The van der Waals surface area contributed by atoms with E-state index in [1.54, 1.807) is 16.8 Å². The molecule has 4 aromatic rings. The van der Waals surface area contributed by atoms with Gasteiger partial charge < -0.3 is 15.4 Å². The summed E-state index contributed by atoms with van der Waals surface area (Å²) in [7, 11) is 0. The topological polar surface area (TPSA) is 136 Å². The summed E-state index contributed by atoms with van der Waals surface area (Å²) in [4.78, 5) is 30.1. The highest BCUT2D eigenvalue weighted by Crippen LogP contribution is 2.22. The maximum atomic E-state index is 11.4. The number of H-pyrrole nitrogens is 2. The molecule has 4 N–H and O–H groups in total. The molecule has 0 amide bonds. The Morgan fingerprint density at radius 3 is 2.77 bits per heavy atom. The van der Waals surface area contributed by atoms with E-state index in [0.717, 1.165) is 18.4 Å². The zero-order valence-corrected chi connectivity index (χ0v) is 16.2. The molecular weight excluding hydrogens is 384 g/mol. The smallest absolute Gasteiger partial charge is 0.326 e. The van der Waals surface area contributed by atoms with Crippen LogP contribution >= 0.6 is 0 Å². The van der Waals surface area contributed by atoms with Gasteiger partial charge in [0, 0.05) is 5.22 Å². The van der Waals surface area contributed by atoms with Crippen molar-refractivity contribution in [2.24, 2.45) is 4.99 Å². The van der Waals surface area contributed by atoms with E-state index in [9.17, 15) is 9.90 Å². The summed E-state index contributed by atoms with van der Waals surface area (Å²) in [5.41, 5.74) is 1.86. The monoisotopic (exact) mass is 404 g/mol. The number of imidazole rings is 1. The van der Waals surface area contributed by atoms with E-state index < -0.39 is 5.69 Å². The Balaban J connectivity index is 1.63. The number of aromatic hydroxyl groups is 1. The van der Waals surface area contributed by atoms with Crippen LogP contribution in [0.3, 0.4) is 0 Å². The van der Waals surface area contributed by atoms with Gasteiger partial charge in [-0.05, 0) is 31.4 Å². The number of rotatable bonds is 5. The minimum Gasteiger partial charge on any atom is -0.493 e. The zero-order valence-electron chi connectivity index (χ0n) is 16.2. The summed E-state index contributed by atoms with van der Waals surface area (Å²) in [5, 5.41) is 18.2. The van der Waals surface area contributed by atoms with Gasteiger partial charge in [-0.2, -0.15) is 19.6 Å². The van der Waals surface area contributed by atoms with E-state index in [-0.39, 0.29) is 23.7 Å². The molecule has 10 nitrogen and oxygen atoms in total. The molecule has 0 bridgehead atoms. The molecule has 1 atom stereocenters. The maximum Gasteiger partial charge on any atom is 0.326 e. The van der Waals surface area contributed by atoms with Crippen LogP contribution in [-0.2, 0) is 0 Å². The van der Waals surface area contributed by atoms with E-state index in [1.165, 1.54) is 0 Å². The molecule has 10 heteroatoms. The van der Waals surface area contributed by atoms with Gasteiger partial charge >= 0.3 is 5.69 Å². The lowest BCUT2D eigenvalue weighted by Gasteiger charge is -2.14. The summed E-state index contributed by atoms with van der Waals surface area (Å²) in [6.45, 7) is 2.03. The van der Waals surface area contributed by atoms with Crippen molar-refractivity contribution in [3.8, 4) is 5.88 Å². The van der Waals surface area contributed by atoms with Crippen molar-refractivity contribution in [2.45, 2.75) is 31.8 Å². The summed E-state index contributed by atoms with van der Waals surface area (Å²) in [6.07, 6.45) is 5.28. The lowest BCUT2D eigenvalue weighted by atomic mass is 10.1. The van der Waals surface area contributed by atoms with Gasteiger partial charge in [0.05, 0.1) is 18.3 Å². The van der Waals surface area contributed by atoms with Gasteiger partial charge in [-0.15, -0.1) is 0 Å². The maximum absolute atomic E-state index is 11.4. The zero-order chi connectivity index (χ0) is 20.7. The first-order chi connectivity index (χ1) is 14.6. The SMILES string of the molecule is C[C@H](Nc1nc(=NC2CC2)n2nc/c(=C/c3[nH]c(=O)[nH]c3O)c2n1)c1ccccc1. The fraction of sp³-hybridized carbons (Fsp3) is 0.250. The molecule has 152 valence electrons. The Labute approximate surface area is 170 Å². The van der Waals surface area contributed by atoms with Crippen LogP contribution in [0.5, 0.6) is 5.88 Å². The summed E-state index contributed by atoms with van der Waals surface area (Å²) in [6, 6.07) is 10.3. The molecule has 1 aliphatic carbocycles. The number of nitrogens with zero attached hydrogens (tertiary/aromatic N) is 5. The number of hydrogen-bond donors (Lipinski definition) is 4. The van der Waals surface area contributed by atoms with Crippen LogP contribution in [0.15, 0.2) is 46.3 Å². The number of hydrogen-bond acceptors (Lipinski definition) is 7. The Hall–Kier alpha value is -3.95. The van der Waals surface area contributed by atoms with Crippen LogP contribution < -0.4 is 21.8 Å². The molecule has 1 aliphatic rings. The lowest BCUT2D eigenvalue weighted by Crippen LogP contribution is -2.25. The average molecular weight is 404 g/mol. The van der Waals surface area contributed by atoms with Gasteiger partial charge in [0.2, 0.25) is 11.8 Å². The molecule has 0 radical (unpaired) electrons. The second-order valence-corrected chi connectivity index (χ2v) is 7.31. The van der Waals surface area contributed by atoms with Crippen molar-refractivity contribution in [1.82, 2.24) is 29.5 Å². The van der Waals surface area contributed by atoms with E-state index in [1.807, 2.05) is 37.3 Å². The van der Waals surface area contributed by atoms with Crippen molar-refractivity contribution in [3.63, 3.8) is 0 Å². The number of aromatic nitrogens is 6. The van der Waals surface area contributed by atoms with E-state index >= 15 is 0 Å². The Bertz CT molecular complexity index is 1380. The number of anilines is 1. The third-order valence-corrected chi connectivity index (χ3v) is 4.90. The van der Waals surface area contributed by atoms with Gasteiger partial charge in [-0.3, -0.25) is 4.98 Å². The third-order valence-electron chi connectivity index (χ3n) is 4.90. The molecule has 5 rings (SSSR count). The van der Waals surface area contributed by atoms with Crippen molar-refractivity contribution in [3.05, 3.63) is 69.1 Å². The van der Waals surface area contributed by atoms with Gasteiger partial charge in [0.1, 0.15) is 5.69 Å². The second kappa shape index (κ2) is 7.14. The molecule has 0 saturated heterocycles. The molecule has 1 saturated carbocycles. The first kappa shape index (κ1) is 18.1. The standard InChI is InChI=1S/C20H20N8O2/c1-11(12-5-3-2-4-6-12)22-18-25-16-13(9-15-17(29)26-20(30)24-15)10-21-28(16)19(27-18)23-14-7-8-14/h2-6,9-11,14,29H,7-8H2,1H3,(H,22,23,27)(H2,24,26,30)/b13-9-/t11-/m0/s1. The van der Waals surface area contributed by atoms with E-state index in [2.05, 4.69) is 35.3 Å². The van der Waals surface area contributed by atoms with Crippen molar-refractivity contribution in [1.29, 1.82) is 0 Å². The van der Waals surface area contributed by atoms with Gasteiger partial charge in [0.25, 0.3) is 5.62 Å². The van der Waals surface area contributed by atoms with Crippen LogP contribution in [0.25, 0.3) is 11.7 Å². The number of aromatic amines is 2. The summed E-state index contributed by atoms with van der Waals surface area (Å²) in [5.74, 6) is 0.188. The Kier molecular flexibility index (Phi) is 4.31. The summed E-state index contributed by atoms with van der Waals surface area (Å²) >= 11 is 0. The number of benzene rings is 1. The van der Waals surface area contributed by atoms with E-state index in [4.69, 9.17) is 0 Å². The first-order valence-corrected chi connectivity index (χ1v) is 9.71. The first-order valence-electron chi connectivity index (χ1n) is 9.71. The van der Waals surface area contributed by atoms with Crippen LogP contribution in [0.4, 0.5) is 5.95 Å². The Morgan fingerprint density at radius 1 is 1.27 bits per heavy atom. The number of fused-ring (bicyclic) bond motifs is 1. The van der Waals surface area contributed by atoms with Gasteiger partial charge in [-0.1, -0.05) is 30.3 Å². The third kappa shape index (κ3) is 3.54. The van der Waals surface area contributed by atoms with Crippen molar-refractivity contribution >= 4 is 17.7 Å². The lowest BCUT2D eigenvalue weighted by molar-refractivity contribution is 0.454. The second-order valence-electron chi connectivity index (χ2n) is 7.31. The highest BCUT2D eigenvalue weighted by molar-refractivity contribution is 5.57. The predicted molar refractivity (Wildman–Crippen MR) is 110 cm³/mol. The molecule has 1 fully saturated rings. The van der Waals surface area contributed by atoms with Crippen LogP contribution in [0.1, 0.15) is 37.1 Å². The normalized spacial score (nSPS) is 16.3. The molecule has 1 aromatic carbocycles. The molecule has 30 heavy (non-hydrogen) atoms. The largest absolute Gasteiger partial charge is 0.493 e. The molecule has 0 spiro atoms. The minimum absolute atomic E-state index is 0.0113. The van der Waals surface area contributed by atoms with Crippen molar-refractivity contribution < 1.29 is 5.11 Å². The van der Waals surface area contributed by atoms with Crippen molar-refractivity contribution in [2.75, 3.05) is 5.32 Å². The molecule has 3 heterocycles. The Morgan fingerprint density at radius 2 is 2.07 bits per heavy atom. The fourth-order valence-corrected chi connectivity index (χ4v) is 3.16. The van der Waals surface area contributed by atoms with Crippen LogP contribution in [0.2, 0.25) is 0 Å². The molecular formula is C20H20N8O2.